The number of aromatic nitrogens is 1. The Labute approximate surface area is 142 Å². The van der Waals surface area contributed by atoms with Crippen LogP contribution in [0.2, 0.25) is 0 Å². The summed E-state index contributed by atoms with van der Waals surface area (Å²) >= 11 is 1.72. The van der Waals surface area contributed by atoms with E-state index in [4.69, 9.17) is 4.98 Å². The average molecular weight is 322 g/mol. The second-order valence-electron chi connectivity index (χ2n) is 6.80. The molecule has 0 aliphatic rings. The van der Waals surface area contributed by atoms with Crippen LogP contribution in [0.3, 0.4) is 0 Å². The van der Waals surface area contributed by atoms with Crippen LogP contribution in [-0.2, 0) is 0 Å². The highest BCUT2D eigenvalue weighted by Crippen LogP contribution is 2.39. The molecule has 1 heterocycles. The lowest BCUT2D eigenvalue weighted by Gasteiger charge is -2.21. The maximum atomic E-state index is 4.92. The maximum absolute atomic E-state index is 4.92. The molecule has 1 N–H and O–H groups in total. The third-order valence-corrected chi connectivity index (χ3v) is 4.48. The molecule has 0 saturated heterocycles. The maximum Gasteiger partial charge on any atom is 0.126 e. The van der Waals surface area contributed by atoms with E-state index in [1.165, 1.54) is 5.56 Å². The topological polar surface area (TPSA) is 24.9 Å². The molecule has 0 amide bonds. The van der Waals surface area contributed by atoms with Gasteiger partial charge in [-0.3, -0.25) is 0 Å². The zero-order valence-corrected chi connectivity index (χ0v) is 14.9. The van der Waals surface area contributed by atoms with Crippen LogP contribution in [0.1, 0.15) is 26.3 Å². The van der Waals surface area contributed by atoms with Gasteiger partial charge in [-0.05, 0) is 27.7 Å². The monoisotopic (exact) mass is 322 g/mol. The third kappa shape index (κ3) is 3.80. The summed E-state index contributed by atoms with van der Waals surface area (Å²) in [4.78, 5) is 4.92. The fourth-order valence-electron chi connectivity index (χ4n) is 2.36. The highest BCUT2D eigenvalue weighted by Gasteiger charge is 2.18. The minimum Gasteiger partial charge on any atom is -0.370 e. The van der Waals surface area contributed by atoms with Crippen molar-refractivity contribution in [2.45, 2.75) is 33.2 Å². The number of nitrogens with zero attached hydrogens (tertiary/aromatic N) is 1. The summed E-state index contributed by atoms with van der Waals surface area (Å²) in [6, 6.07) is 18.9. The predicted molar refractivity (Wildman–Crippen MR) is 101 cm³/mol. The van der Waals surface area contributed by atoms with E-state index in [9.17, 15) is 0 Å². The molecule has 0 spiro atoms. The number of aryl methyl sites for hydroxylation is 1. The Morgan fingerprint density at radius 3 is 2.13 bits per heavy atom. The van der Waals surface area contributed by atoms with Crippen molar-refractivity contribution in [2.24, 2.45) is 0 Å². The number of anilines is 1. The normalized spacial score (nSPS) is 11.5. The highest BCUT2D eigenvalue weighted by molar-refractivity contribution is 7.19. The molecule has 0 aliphatic carbocycles. The van der Waals surface area contributed by atoms with Gasteiger partial charge in [0.15, 0.2) is 0 Å². The fourth-order valence-corrected chi connectivity index (χ4v) is 3.56. The van der Waals surface area contributed by atoms with E-state index in [2.05, 4.69) is 81.5 Å². The number of hydrogen-bond acceptors (Lipinski definition) is 3. The fraction of sp³-hybridized carbons (Fsp3) is 0.250. The van der Waals surface area contributed by atoms with Crippen LogP contribution >= 0.6 is 11.3 Å². The standard InChI is InChI=1S/C20H22N2S/c1-14-10-12-15(13-11-14)17-19(22-20(2,3)4)23-18(21-17)16-8-6-5-7-9-16/h5-13,22H,1-4H3. The van der Waals surface area contributed by atoms with Gasteiger partial charge in [-0.1, -0.05) is 71.5 Å². The lowest BCUT2D eigenvalue weighted by atomic mass is 10.1. The Balaban J connectivity index is 2.09. The Morgan fingerprint density at radius 2 is 1.52 bits per heavy atom. The minimum absolute atomic E-state index is 0.0000613. The van der Waals surface area contributed by atoms with E-state index in [0.717, 1.165) is 26.8 Å². The van der Waals surface area contributed by atoms with Crippen LogP contribution in [0, 0.1) is 6.92 Å². The van der Waals surface area contributed by atoms with Crippen molar-refractivity contribution in [2.75, 3.05) is 5.32 Å². The van der Waals surface area contributed by atoms with Gasteiger partial charge in [-0.25, -0.2) is 4.98 Å². The first-order chi connectivity index (χ1) is 10.9. The molecule has 3 rings (SSSR count). The van der Waals surface area contributed by atoms with E-state index < -0.39 is 0 Å². The first-order valence-electron chi connectivity index (χ1n) is 7.84. The number of benzene rings is 2. The molecule has 0 atom stereocenters. The zero-order valence-electron chi connectivity index (χ0n) is 14.1. The molecule has 118 valence electrons. The second kappa shape index (κ2) is 6.17. The number of hydrogen-bond donors (Lipinski definition) is 1. The van der Waals surface area contributed by atoms with Crippen molar-refractivity contribution < 1.29 is 0 Å². The quantitative estimate of drug-likeness (QED) is 0.640. The average Bonchev–Trinajstić information content (AvgIpc) is 2.91. The van der Waals surface area contributed by atoms with E-state index in [-0.39, 0.29) is 5.54 Å². The number of rotatable bonds is 3. The summed E-state index contributed by atoms with van der Waals surface area (Å²) in [5.41, 5.74) is 4.61. The van der Waals surface area contributed by atoms with E-state index in [1.54, 1.807) is 11.3 Å². The van der Waals surface area contributed by atoms with Gasteiger partial charge >= 0.3 is 0 Å². The van der Waals surface area contributed by atoms with Crippen LogP contribution in [0.5, 0.6) is 0 Å². The van der Waals surface area contributed by atoms with Crippen molar-refractivity contribution in [3.8, 4) is 21.8 Å². The Hall–Kier alpha value is -2.13. The van der Waals surface area contributed by atoms with Gasteiger partial charge in [-0.15, -0.1) is 0 Å². The molecule has 0 aliphatic heterocycles. The Kier molecular flexibility index (Phi) is 4.22. The zero-order chi connectivity index (χ0) is 16.4. The summed E-state index contributed by atoms with van der Waals surface area (Å²) < 4.78 is 0. The first-order valence-corrected chi connectivity index (χ1v) is 8.65. The molecule has 2 aromatic carbocycles. The predicted octanol–water partition coefficient (Wildman–Crippen LogP) is 6.00. The Morgan fingerprint density at radius 1 is 0.870 bits per heavy atom. The summed E-state index contributed by atoms with van der Waals surface area (Å²) in [5.74, 6) is 0. The van der Waals surface area contributed by atoms with Crippen LogP contribution < -0.4 is 5.32 Å². The van der Waals surface area contributed by atoms with Crippen molar-refractivity contribution in [3.63, 3.8) is 0 Å². The summed E-state index contributed by atoms with van der Waals surface area (Å²) in [5, 5.41) is 5.78. The molecule has 0 bridgehead atoms. The van der Waals surface area contributed by atoms with Gasteiger partial charge in [0.2, 0.25) is 0 Å². The van der Waals surface area contributed by atoms with Gasteiger partial charge in [0, 0.05) is 16.7 Å². The lowest BCUT2D eigenvalue weighted by Crippen LogP contribution is -2.25. The molecule has 0 radical (unpaired) electrons. The molecule has 3 aromatic rings. The van der Waals surface area contributed by atoms with Gasteiger partial charge in [0.25, 0.3) is 0 Å². The first kappa shape index (κ1) is 15.8. The number of thiazole rings is 1. The van der Waals surface area contributed by atoms with Crippen molar-refractivity contribution >= 4 is 16.3 Å². The van der Waals surface area contributed by atoms with Gasteiger partial charge in [-0.2, -0.15) is 0 Å². The molecule has 2 nitrogen and oxygen atoms in total. The SMILES string of the molecule is Cc1ccc(-c2nc(-c3ccccc3)sc2NC(C)(C)C)cc1. The van der Waals surface area contributed by atoms with Gasteiger partial charge < -0.3 is 5.32 Å². The molecule has 0 saturated carbocycles. The van der Waals surface area contributed by atoms with E-state index >= 15 is 0 Å². The molecular weight excluding hydrogens is 300 g/mol. The Bertz CT molecular complexity index is 781. The molecule has 0 fully saturated rings. The van der Waals surface area contributed by atoms with Crippen molar-refractivity contribution in [3.05, 3.63) is 60.2 Å². The minimum atomic E-state index is -0.0000613. The third-order valence-electron chi connectivity index (χ3n) is 3.46. The van der Waals surface area contributed by atoms with Crippen molar-refractivity contribution in [1.82, 2.24) is 4.98 Å². The van der Waals surface area contributed by atoms with E-state index in [1.807, 2.05) is 6.07 Å². The van der Waals surface area contributed by atoms with Gasteiger partial charge in [0.1, 0.15) is 15.7 Å². The molecule has 0 unspecified atom stereocenters. The van der Waals surface area contributed by atoms with Crippen LogP contribution in [0.4, 0.5) is 5.00 Å². The highest BCUT2D eigenvalue weighted by atomic mass is 32.1. The largest absolute Gasteiger partial charge is 0.370 e. The summed E-state index contributed by atoms with van der Waals surface area (Å²) in [6.07, 6.45) is 0. The summed E-state index contributed by atoms with van der Waals surface area (Å²) in [7, 11) is 0. The van der Waals surface area contributed by atoms with Crippen molar-refractivity contribution in [1.29, 1.82) is 0 Å². The number of nitrogens with one attached hydrogen (secondary N) is 1. The molecule has 23 heavy (non-hydrogen) atoms. The molecule has 3 heteroatoms. The van der Waals surface area contributed by atoms with E-state index in [0.29, 0.717) is 0 Å². The second-order valence-corrected chi connectivity index (χ2v) is 7.80. The smallest absolute Gasteiger partial charge is 0.126 e. The molecule has 1 aromatic heterocycles. The lowest BCUT2D eigenvalue weighted by molar-refractivity contribution is 0.636. The van der Waals surface area contributed by atoms with Crippen LogP contribution in [-0.4, -0.2) is 10.5 Å². The van der Waals surface area contributed by atoms with Gasteiger partial charge in [0.05, 0.1) is 0 Å². The molecular formula is C20H22N2S. The van der Waals surface area contributed by atoms with Crippen LogP contribution in [0.15, 0.2) is 54.6 Å². The summed E-state index contributed by atoms with van der Waals surface area (Å²) in [6.45, 7) is 8.63. The van der Waals surface area contributed by atoms with Crippen LogP contribution in [0.25, 0.3) is 21.8 Å².